The molecule has 1 aromatic heterocycles. The third kappa shape index (κ3) is 4.46. The highest BCUT2D eigenvalue weighted by molar-refractivity contribution is 5.60. The normalized spacial score (nSPS) is 10.9. The zero-order valence-corrected chi connectivity index (χ0v) is 13.5. The molecule has 4 heteroatoms. The van der Waals surface area contributed by atoms with Crippen LogP contribution in [0.3, 0.4) is 0 Å². The van der Waals surface area contributed by atoms with Crippen LogP contribution in [0.15, 0.2) is 41.2 Å². The molecule has 0 aliphatic rings. The van der Waals surface area contributed by atoms with E-state index in [0.717, 1.165) is 29.0 Å². The van der Waals surface area contributed by atoms with Gasteiger partial charge in [0.1, 0.15) is 5.75 Å². The van der Waals surface area contributed by atoms with Crippen LogP contribution in [0.1, 0.15) is 32.8 Å². The van der Waals surface area contributed by atoms with Gasteiger partial charge in [-0.3, -0.25) is 4.79 Å². The second-order valence-corrected chi connectivity index (χ2v) is 5.63. The molecule has 0 bridgehead atoms. The third-order valence-corrected chi connectivity index (χ3v) is 3.33. The lowest BCUT2D eigenvalue weighted by atomic mass is 10.1. The lowest BCUT2D eigenvalue weighted by molar-refractivity contribution is 0.317. The molecule has 1 aromatic carbocycles. The number of aromatic nitrogens is 1. The van der Waals surface area contributed by atoms with E-state index in [9.17, 15) is 4.79 Å². The maximum absolute atomic E-state index is 12.1. The van der Waals surface area contributed by atoms with Gasteiger partial charge >= 0.3 is 0 Å². The predicted octanol–water partition coefficient (Wildman–Crippen LogP) is 3.33. The molecule has 0 amide bonds. The molecular weight excluding hydrogens is 276 g/mol. The molecule has 0 aliphatic heterocycles. The van der Waals surface area contributed by atoms with Crippen molar-refractivity contribution < 1.29 is 4.74 Å². The van der Waals surface area contributed by atoms with Crippen molar-refractivity contribution in [1.29, 1.82) is 0 Å². The van der Waals surface area contributed by atoms with Gasteiger partial charge in [-0.15, -0.1) is 0 Å². The number of nitrogens with one attached hydrogen (secondary N) is 2. The van der Waals surface area contributed by atoms with Gasteiger partial charge in [0.05, 0.1) is 6.61 Å². The molecule has 2 N–H and O–H groups in total. The van der Waals surface area contributed by atoms with Crippen LogP contribution in [0.5, 0.6) is 5.75 Å². The van der Waals surface area contributed by atoms with Gasteiger partial charge in [-0.1, -0.05) is 26.8 Å². The molecule has 1 heterocycles. The summed E-state index contributed by atoms with van der Waals surface area (Å²) in [5, 5.41) is 3.25. The summed E-state index contributed by atoms with van der Waals surface area (Å²) in [6.45, 7) is 7.50. The summed E-state index contributed by atoms with van der Waals surface area (Å²) in [7, 11) is 0. The number of hydrogen-bond acceptors (Lipinski definition) is 3. The van der Waals surface area contributed by atoms with E-state index in [1.54, 1.807) is 0 Å². The van der Waals surface area contributed by atoms with E-state index in [4.69, 9.17) is 4.74 Å². The van der Waals surface area contributed by atoms with Gasteiger partial charge in [-0.2, -0.15) is 0 Å². The van der Waals surface area contributed by atoms with E-state index in [-0.39, 0.29) is 5.56 Å². The zero-order valence-electron chi connectivity index (χ0n) is 13.5. The predicted molar refractivity (Wildman–Crippen MR) is 90.3 cm³/mol. The highest BCUT2D eigenvalue weighted by Crippen LogP contribution is 2.20. The standard InChI is InChI=1S/C18H24N2O2/c1-4-11-22-16-8-5-14(6-9-16)17-10-7-15(18(21)20-17)12-19-13(2)3/h5-10,13,19H,4,11-12H2,1-3H3,(H,20,21). The fourth-order valence-electron chi connectivity index (χ4n) is 2.08. The first kappa shape index (κ1) is 16.3. The van der Waals surface area contributed by atoms with E-state index in [1.165, 1.54) is 0 Å². The SMILES string of the molecule is CCCOc1ccc(-c2ccc(CNC(C)C)c(=O)[nH]2)cc1. The van der Waals surface area contributed by atoms with Crippen molar-refractivity contribution in [2.45, 2.75) is 39.8 Å². The molecule has 0 aliphatic carbocycles. The first-order chi connectivity index (χ1) is 10.6. The molecule has 0 saturated heterocycles. The van der Waals surface area contributed by atoms with E-state index in [0.29, 0.717) is 19.2 Å². The van der Waals surface area contributed by atoms with Crippen LogP contribution in [0, 0.1) is 0 Å². The van der Waals surface area contributed by atoms with E-state index in [2.05, 4.69) is 31.1 Å². The topological polar surface area (TPSA) is 54.1 Å². The maximum Gasteiger partial charge on any atom is 0.252 e. The number of rotatable bonds is 7. The Morgan fingerprint density at radius 3 is 2.45 bits per heavy atom. The second kappa shape index (κ2) is 7.80. The van der Waals surface area contributed by atoms with Crippen molar-refractivity contribution in [2.75, 3.05) is 6.61 Å². The van der Waals surface area contributed by atoms with Crippen LogP contribution in [-0.4, -0.2) is 17.6 Å². The molecule has 118 valence electrons. The minimum absolute atomic E-state index is 0.0445. The molecule has 2 aromatic rings. The summed E-state index contributed by atoms with van der Waals surface area (Å²) in [4.78, 5) is 15.1. The Hall–Kier alpha value is -2.07. The van der Waals surface area contributed by atoms with Crippen molar-refractivity contribution in [1.82, 2.24) is 10.3 Å². The number of benzene rings is 1. The summed E-state index contributed by atoms with van der Waals surface area (Å²) >= 11 is 0. The van der Waals surface area contributed by atoms with Crippen molar-refractivity contribution in [3.8, 4) is 17.0 Å². The van der Waals surface area contributed by atoms with Gasteiger partial charge in [0.25, 0.3) is 5.56 Å². The summed E-state index contributed by atoms with van der Waals surface area (Å²) in [6, 6.07) is 12.0. The Bertz CT molecular complexity index is 645. The second-order valence-electron chi connectivity index (χ2n) is 5.63. The fourth-order valence-corrected chi connectivity index (χ4v) is 2.08. The zero-order chi connectivity index (χ0) is 15.9. The lowest BCUT2D eigenvalue weighted by Crippen LogP contribution is -2.26. The Kier molecular flexibility index (Phi) is 5.78. The van der Waals surface area contributed by atoms with Gasteiger partial charge in [0.2, 0.25) is 0 Å². The van der Waals surface area contributed by atoms with Gasteiger partial charge in [0.15, 0.2) is 0 Å². The number of pyridine rings is 1. The Labute approximate surface area is 131 Å². The number of aromatic amines is 1. The molecule has 22 heavy (non-hydrogen) atoms. The van der Waals surface area contributed by atoms with E-state index in [1.807, 2.05) is 36.4 Å². The molecular formula is C18H24N2O2. The molecule has 0 saturated carbocycles. The van der Waals surface area contributed by atoms with Crippen LogP contribution in [-0.2, 0) is 6.54 Å². The molecule has 0 atom stereocenters. The summed E-state index contributed by atoms with van der Waals surface area (Å²) in [6.07, 6.45) is 0.987. The minimum atomic E-state index is -0.0445. The highest BCUT2D eigenvalue weighted by Gasteiger charge is 2.04. The average Bonchev–Trinajstić information content (AvgIpc) is 2.52. The van der Waals surface area contributed by atoms with Crippen molar-refractivity contribution in [3.63, 3.8) is 0 Å². The van der Waals surface area contributed by atoms with Gasteiger partial charge < -0.3 is 15.0 Å². The number of hydrogen-bond donors (Lipinski definition) is 2. The molecule has 0 spiro atoms. The summed E-state index contributed by atoms with van der Waals surface area (Å²) < 4.78 is 5.56. The van der Waals surface area contributed by atoms with Crippen molar-refractivity contribution >= 4 is 0 Å². The average molecular weight is 300 g/mol. The van der Waals surface area contributed by atoms with Crippen molar-refractivity contribution in [2.24, 2.45) is 0 Å². The quantitative estimate of drug-likeness (QED) is 0.824. The smallest absolute Gasteiger partial charge is 0.252 e. The van der Waals surface area contributed by atoms with E-state index >= 15 is 0 Å². The molecule has 0 unspecified atom stereocenters. The monoisotopic (exact) mass is 300 g/mol. The largest absolute Gasteiger partial charge is 0.494 e. The highest BCUT2D eigenvalue weighted by atomic mass is 16.5. The Morgan fingerprint density at radius 2 is 1.86 bits per heavy atom. The molecule has 0 radical (unpaired) electrons. The maximum atomic E-state index is 12.1. The Balaban J connectivity index is 2.12. The molecule has 0 fully saturated rings. The number of ether oxygens (including phenoxy) is 1. The van der Waals surface area contributed by atoms with Crippen LogP contribution in [0.2, 0.25) is 0 Å². The van der Waals surface area contributed by atoms with Gasteiger partial charge in [0, 0.05) is 23.8 Å². The summed E-state index contributed by atoms with van der Waals surface area (Å²) in [5.74, 6) is 0.853. The van der Waals surface area contributed by atoms with Crippen LogP contribution in [0.25, 0.3) is 11.3 Å². The molecule has 4 nitrogen and oxygen atoms in total. The fraction of sp³-hybridized carbons (Fsp3) is 0.389. The number of H-pyrrole nitrogens is 1. The minimum Gasteiger partial charge on any atom is -0.494 e. The molecule has 2 rings (SSSR count). The Morgan fingerprint density at radius 1 is 1.14 bits per heavy atom. The van der Waals surface area contributed by atoms with Crippen molar-refractivity contribution in [3.05, 3.63) is 52.3 Å². The van der Waals surface area contributed by atoms with E-state index < -0.39 is 0 Å². The van der Waals surface area contributed by atoms with Crippen LogP contribution in [0.4, 0.5) is 0 Å². The lowest BCUT2D eigenvalue weighted by Gasteiger charge is -2.09. The van der Waals surface area contributed by atoms with Crippen LogP contribution >= 0.6 is 0 Å². The van der Waals surface area contributed by atoms with Gasteiger partial charge in [-0.05, 0) is 42.3 Å². The first-order valence-corrected chi connectivity index (χ1v) is 7.79. The van der Waals surface area contributed by atoms with Gasteiger partial charge in [-0.25, -0.2) is 0 Å². The summed E-state index contributed by atoms with van der Waals surface area (Å²) in [5.41, 5.74) is 2.50. The third-order valence-electron chi connectivity index (χ3n) is 3.33. The first-order valence-electron chi connectivity index (χ1n) is 7.79. The van der Waals surface area contributed by atoms with Crippen LogP contribution < -0.4 is 15.6 Å².